The average molecular weight is 261 g/mol. The Balaban J connectivity index is 1.81. The van der Waals surface area contributed by atoms with E-state index < -0.39 is 0 Å². The second-order valence-electron chi connectivity index (χ2n) is 3.82. The summed E-state index contributed by atoms with van der Waals surface area (Å²) in [5.41, 5.74) is 3.63. The summed E-state index contributed by atoms with van der Waals surface area (Å²) in [7, 11) is 0. The van der Waals surface area contributed by atoms with Gasteiger partial charge in [0.1, 0.15) is 5.00 Å². The van der Waals surface area contributed by atoms with Crippen LogP contribution >= 0.6 is 22.9 Å². The summed E-state index contributed by atoms with van der Waals surface area (Å²) in [6.45, 7) is 2.92. The van der Waals surface area contributed by atoms with Crippen LogP contribution in [-0.2, 0) is 6.54 Å². The van der Waals surface area contributed by atoms with Gasteiger partial charge in [-0.25, -0.2) is 0 Å². The highest BCUT2D eigenvalue weighted by Crippen LogP contribution is 2.34. The van der Waals surface area contributed by atoms with E-state index in [2.05, 4.69) is 27.0 Å². The molecule has 3 aromatic heterocycles. The van der Waals surface area contributed by atoms with Gasteiger partial charge >= 0.3 is 0 Å². The lowest BCUT2D eigenvalue weighted by atomic mass is 10.3. The van der Waals surface area contributed by atoms with Gasteiger partial charge in [-0.05, 0) is 47.1 Å². The molecule has 1 N–H and O–H groups in total. The minimum Gasteiger partial charge on any atom is -0.370 e. The number of nitrogens with zero attached hydrogens (tertiary/aromatic N) is 2. The van der Waals surface area contributed by atoms with Crippen molar-refractivity contribution in [2.75, 3.05) is 5.32 Å². The molecule has 0 radical (unpaired) electrons. The van der Waals surface area contributed by atoms with Crippen molar-refractivity contribution in [1.29, 1.82) is 0 Å². The monoisotopic (exact) mass is 261 g/mol. The fourth-order valence-electron chi connectivity index (χ4n) is 1.64. The molecule has 0 aromatic carbocycles. The normalized spacial score (nSPS) is 10.9. The van der Waals surface area contributed by atoms with E-state index in [1.807, 2.05) is 24.5 Å². The fraction of sp³-hybridized carbons (Fsp3) is 0.167. The number of aromatic nitrogens is 2. The number of fused-ring (bicyclic) bond motifs is 1. The third-order valence-electron chi connectivity index (χ3n) is 2.58. The molecule has 0 unspecified atom stereocenters. The number of thiophene rings is 1. The van der Waals surface area contributed by atoms with Gasteiger partial charge in [-0.15, -0.1) is 11.3 Å². The Bertz CT molecular complexity index is 628. The van der Waals surface area contributed by atoms with E-state index in [0.29, 0.717) is 0 Å². The van der Waals surface area contributed by atoms with E-state index in [9.17, 15) is 0 Å². The van der Waals surface area contributed by atoms with Crippen molar-refractivity contribution in [3.63, 3.8) is 0 Å². The zero-order valence-corrected chi connectivity index (χ0v) is 10.9. The summed E-state index contributed by atoms with van der Waals surface area (Å²) >= 11 is 3.29. The standard InChI is InChI=1S/C12H11N3S2/c1-8-7-16-11-10(8)15-17-12(11)14-6-9-2-4-13-5-3-9/h2-5,7,14H,6H2,1H3. The summed E-state index contributed by atoms with van der Waals surface area (Å²) in [5.74, 6) is 0. The Morgan fingerprint density at radius 1 is 1.29 bits per heavy atom. The van der Waals surface area contributed by atoms with Crippen LogP contribution in [0.1, 0.15) is 11.1 Å². The van der Waals surface area contributed by atoms with Gasteiger partial charge in [-0.3, -0.25) is 4.98 Å². The first kappa shape index (κ1) is 10.7. The van der Waals surface area contributed by atoms with Gasteiger partial charge in [0.05, 0.1) is 10.2 Å². The molecular weight excluding hydrogens is 250 g/mol. The van der Waals surface area contributed by atoms with Crippen LogP contribution in [0.5, 0.6) is 0 Å². The van der Waals surface area contributed by atoms with E-state index in [1.165, 1.54) is 27.4 Å². The van der Waals surface area contributed by atoms with Gasteiger partial charge < -0.3 is 5.32 Å². The van der Waals surface area contributed by atoms with E-state index in [4.69, 9.17) is 0 Å². The lowest BCUT2D eigenvalue weighted by molar-refractivity contribution is 1.14. The molecule has 17 heavy (non-hydrogen) atoms. The Hall–Kier alpha value is -1.46. The molecule has 0 spiro atoms. The summed E-state index contributed by atoms with van der Waals surface area (Å²) in [6, 6.07) is 4.04. The molecule has 0 aliphatic carbocycles. The minimum atomic E-state index is 0.816. The maximum atomic E-state index is 4.47. The predicted molar refractivity (Wildman–Crippen MR) is 73.8 cm³/mol. The second kappa shape index (κ2) is 4.43. The summed E-state index contributed by atoms with van der Waals surface area (Å²) in [6.07, 6.45) is 3.63. The van der Waals surface area contributed by atoms with Crippen LogP contribution in [0.3, 0.4) is 0 Å². The molecule has 3 aromatic rings. The number of hydrogen-bond acceptors (Lipinski definition) is 5. The number of hydrogen-bond donors (Lipinski definition) is 1. The zero-order valence-electron chi connectivity index (χ0n) is 9.30. The molecule has 0 atom stereocenters. The zero-order chi connectivity index (χ0) is 11.7. The molecule has 0 aliphatic heterocycles. The van der Waals surface area contributed by atoms with Crippen molar-refractivity contribution in [2.24, 2.45) is 0 Å². The van der Waals surface area contributed by atoms with Crippen LogP contribution in [0.4, 0.5) is 5.00 Å². The Morgan fingerprint density at radius 3 is 2.94 bits per heavy atom. The molecule has 0 fully saturated rings. The molecule has 0 saturated heterocycles. The first-order valence-electron chi connectivity index (χ1n) is 5.31. The third kappa shape index (κ3) is 2.03. The Kier molecular flexibility index (Phi) is 2.78. The van der Waals surface area contributed by atoms with Gasteiger partial charge in [-0.1, -0.05) is 0 Å². The van der Waals surface area contributed by atoms with Crippen LogP contribution < -0.4 is 5.32 Å². The quantitative estimate of drug-likeness (QED) is 0.781. The third-order valence-corrected chi connectivity index (χ3v) is 4.62. The van der Waals surface area contributed by atoms with Crippen LogP contribution in [0.15, 0.2) is 29.9 Å². The highest BCUT2D eigenvalue weighted by molar-refractivity contribution is 7.23. The van der Waals surface area contributed by atoms with Crippen molar-refractivity contribution in [2.45, 2.75) is 13.5 Å². The number of anilines is 1. The molecule has 3 rings (SSSR count). The minimum absolute atomic E-state index is 0.816. The topological polar surface area (TPSA) is 37.8 Å². The van der Waals surface area contributed by atoms with Crippen molar-refractivity contribution in [3.8, 4) is 0 Å². The van der Waals surface area contributed by atoms with Gasteiger partial charge in [0, 0.05) is 18.9 Å². The molecule has 3 heterocycles. The first-order valence-corrected chi connectivity index (χ1v) is 6.96. The number of aryl methyl sites for hydroxylation is 1. The number of pyridine rings is 1. The van der Waals surface area contributed by atoms with Crippen LogP contribution in [-0.4, -0.2) is 9.36 Å². The lowest BCUT2D eigenvalue weighted by Gasteiger charge is -2.02. The summed E-state index contributed by atoms with van der Waals surface area (Å²) in [4.78, 5) is 4.01. The predicted octanol–water partition coefficient (Wildman–Crippen LogP) is 3.67. The van der Waals surface area contributed by atoms with Gasteiger partial charge in [0.15, 0.2) is 0 Å². The Morgan fingerprint density at radius 2 is 2.12 bits per heavy atom. The van der Waals surface area contributed by atoms with E-state index in [-0.39, 0.29) is 0 Å². The lowest BCUT2D eigenvalue weighted by Crippen LogP contribution is -1.97. The van der Waals surface area contributed by atoms with Crippen molar-refractivity contribution in [1.82, 2.24) is 9.36 Å². The number of nitrogens with one attached hydrogen (secondary N) is 1. The van der Waals surface area contributed by atoms with E-state index in [1.54, 1.807) is 11.3 Å². The van der Waals surface area contributed by atoms with Gasteiger partial charge in [0.25, 0.3) is 0 Å². The van der Waals surface area contributed by atoms with Crippen molar-refractivity contribution >= 4 is 38.1 Å². The highest BCUT2D eigenvalue weighted by atomic mass is 32.1. The molecule has 86 valence electrons. The summed E-state index contributed by atoms with van der Waals surface area (Å²) in [5, 5.41) is 6.75. The molecule has 0 bridgehead atoms. The largest absolute Gasteiger partial charge is 0.370 e. The van der Waals surface area contributed by atoms with E-state index >= 15 is 0 Å². The highest BCUT2D eigenvalue weighted by Gasteiger charge is 2.09. The SMILES string of the molecule is Cc1csc2c(NCc3ccncc3)snc12. The van der Waals surface area contributed by atoms with E-state index in [0.717, 1.165) is 17.1 Å². The average Bonchev–Trinajstić information content (AvgIpc) is 2.92. The van der Waals surface area contributed by atoms with Crippen molar-refractivity contribution in [3.05, 3.63) is 41.0 Å². The fourth-order valence-corrected chi connectivity index (χ4v) is 3.59. The molecule has 5 heteroatoms. The molecular formula is C12H11N3S2. The maximum Gasteiger partial charge on any atom is 0.127 e. The smallest absolute Gasteiger partial charge is 0.127 e. The molecule has 0 amide bonds. The van der Waals surface area contributed by atoms with Gasteiger partial charge in [0.2, 0.25) is 0 Å². The number of rotatable bonds is 3. The molecule has 0 aliphatic rings. The van der Waals surface area contributed by atoms with Gasteiger partial charge in [-0.2, -0.15) is 4.37 Å². The van der Waals surface area contributed by atoms with Crippen LogP contribution in [0.2, 0.25) is 0 Å². The van der Waals surface area contributed by atoms with Crippen molar-refractivity contribution < 1.29 is 0 Å². The van der Waals surface area contributed by atoms with Crippen LogP contribution in [0, 0.1) is 6.92 Å². The molecule has 0 saturated carbocycles. The second-order valence-corrected chi connectivity index (χ2v) is 5.47. The first-order chi connectivity index (χ1) is 8.34. The summed E-state index contributed by atoms with van der Waals surface area (Å²) < 4.78 is 5.73. The van der Waals surface area contributed by atoms with Crippen LogP contribution in [0.25, 0.3) is 10.2 Å². The Labute approximate surface area is 107 Å². The maximum absolute atomic E-state index is 4.47. The molecule has 3 nitrogen and oxygen atoms in total.